The molecular formula is C13H21NO2. The van der Waals surface area contributed by atoms with E-state index in [-0.39, 0.29) is 0 Å². The minimum atomic E-state index is -0.438. The minimum Gasteiger partial charge on any atom is -0.388 e. The van der Waals surface area contributed by atoms with Gasteiger partial charge in [0.25, 0.3) is 0 Å². The first kappa shape index (κ1) is 13.2. The highest BCUT2D eigenvalue weighted by Gasteiger charge is 2.06. The first-order valence-corrected chi connectivity index (χ1v) is 5.74. The third-order valence-corrected chi connectivity index (χ3v) is 2.59. The number of rotatable bonds is 7. The zero-order valence-electron chi connectivity index (χ0n) is 9.86. The second kappa shape index (κ2) is 7.39. The lowest BCUT2D eigenvalue weighted by Gasteiger charge is -2.11. The molecule has 0 saturated heterocycles. The summed E-state index contributed by atoms with van der Waals surface area (Å²) < 4.78 is 5.01. The van der Waals surface area contributed by atoms with Gasteiger partial charge in [-0.15, -0.1) is 0 Å². The van der Waals surface area contributed by atoms with Crippen molar-refractivity contribution in [2.75, 3.05) is 20.3 Å². The summed E-state index contributed by atoms with van der Waals surface area (Å²) in [4.78, 5) is 0. The summed E-state index contributed by atoms with van der Waals surface area (Å²) in [7, 11) is 1.71. The van der Waals surface area contributed by atoms with Crippen molar-refractivity contribution < 1.29 is 9.84 Å². The molecule has 0 aliphatic rings. The van der Waals surface area contributed by atoms with Gasteiger partial charge in [0.05, 0.1) is 6.10 Å². The molecule has 3 heteroatoms. The highest BCUT2D eigenvalue weighted by molar-refractivity contribution is 5.25. The molecule has 1 atom stereocenters. The van der Waals surface area contributed by atoms with E-state index >= 15 is 0 Å². The van der Waals surface area contributed by atoms with Crippen LogP contribution in [0.25, 0.3) is 0 Å². The maximum atomic E-state index is 9.81. The molecule has 0 saturated carbocycles. The van der Waals surface area contributed by atoms with Crippen molar-refractivity contribution in [2.24, 2.45) is 5.73 Å². The van der Waals surface area contributed by atoms with Crippen molar-refractivity contribution in [2.45, 2.75) is 25.4 Å². The highest BCUT2D eigenvalue weighted by atomic mass is 16.5. The predicted molar refractivity (Wildman–Crippen MR) is 65.3 cm³/mol. The smallest absolute Gasteiger partial charge is 0.0802 e. The average molecular weight is 223 g/mol. The number of benzene rings is 1. The molecule has 1 aromatic carbocycles. The van der Waals surface area contributed by atoms with Gasteiger partial charge in [-0.25, -0.2) is 0 Å². The summed E-state index contributed by atoms with van der Waals surface area (Å²) in [6, 6.07) is 8.06. The first-order chi connectivity index (χ1) is 7.77. The summed E-state index contributed by atoms with van der Waals surface area (Å²) >= 11 is 0. The van der Waals surface area contributed by atoms with E-state index in [1.54, 1.807) is 7.11 Å². The van der Waals surface area contributed by atoms with E-state index in [1.807, 2.05) is 12.1 Å². The second-order valence-corrected chi connectivity index (χ2v) is 3.93. The molecule has 90 valence electrons. The molecule has 0 aromatic heterocycles. The zero-order chi connectivity index (χ0) is 11.8. The van der Waals surface area contributed by atoms with Crippen LogP contribution in [0.2, 0.25) is 0 Å². The quantitative estimate of drug-likeness (QED) is 0.691. The van der Waals surface area contributed by atoms with Crippen molar-refractivity contribution in [1.82, 2.24) is 0 Å². The first-order valence-electron chi connectivity index (χ1n) is 5.74. The van der Waals surface area contributed by atoms with Crippen molar-refractivity contribution >= 4 is 0 Å². The van der Waals surface area contributed by atoms with Gasteiger partial charge in [0.1, 0.15) is 0 Å². The zero-order valence-corrected chi connectivity index (χ0v) is 9.86. The molecule has 0 bridgehead atoms. The molecule has 16 heavy (non-hydrogen) atoms. The van der Waals surface area contributed by atoms with Crippen LogP contribution < -0.4 is 5.73 Å². The monoisotopic (exact) mass is 223 g/mol. The normalized spacial score (nSPS) is 12.7. The third kappa shape index (κ3) is 4.31. The number of hydrogen-bond donors (Lipinski definition) is 2. The molecule has 0 heterocycles. The summed E-state index contributed by atoms with van der Waals surface area (Å²) in [6.07, 6.45) is 2.17. The summed E-state index contributed by atoms with van der Waals surface area (Å²) in [5, 5.41) is 9.81. The molecular weight excluding hydrogens is 202 g/mol. The van der Waals surface area contributed by atoms with Crippen molar-refractivity contribution in [3.05, 3.63) is 35.4 Å². The molecule has 0 fully saturated rings. The van der Waals surface area contributed by atoms with Crippen LogP contribution in [0.3, 0.4) is 0 Å². The molecule has 3 nitrogen and oxygen atoms in total. The van der Waals surface area contributed by atoms with Gasteiger partial charge in [0.15, 0.2) is 0 Å². The number of nitrogens with two attached hydrogens (primary N) is 1. The van der Waals surface area contributed by atoms with Gasteiger partial charge in [-0.1, -0.05) is 24.3 Å². The van der Waals surface area contributed by atoms with Crippen LogP contribution in [-0.4, -0.2) is 25.4 Å². The minimum absolute atomic E-state index is 0.438. The van der Waals surface area contributed by atoms with Crippen LogP contribution in [0.4, 0.5) is 0 Å². The number of aryl methyl sites for hydroxylation is 1. The second-order valence-electron chi connectivity index (χ2n) is 3.93. The van der Waals surface area contributed by atoms with Gasteiger partial charge in [0, 0.05) is 13.7 Å². The Kier molecular flexibility index (Phi) is 6.08. The molecule has 1 unspecified atom stereocenters. The lowest BCUT2D eigenvalue weighted by atomic mass is 10.0. The Morgan fingerprint density at radius 1 is 1.44 bits per heavy atom. The predicted octanol–water partition coefficient (Wildman–Crippen LogP) is 1.65. The molecule has 0 spiro atoms. The van der Waals surface area contributed by atoms with E-state index in [0.29, 0.717) is 13.0 Å². The van der Waals surface area contributed by atoms with Crippen molar-refractivity contribution in [3.63, 3.8) is 0 Å². The Bertz CT molecular complexity index is 302. The van der Waals surface area contributed by atoms with E-state index in [1.165, 1.54) is 5.56 Å². The Labute approximate surface area is 97.2 Å². The van der Waals surface area contributed by atoms with Gasteiger partial charge in [0.2, 0.25) is 0 Å². The van der Waals surface area contributed by atoms with Crippen LogP contribution in [0, 0.1) is 0 Å². The molecule has 0 radical (unpaired) electrons. The van der Waals surface area contributed by atoms with Crippen LogP contribution in [0.1, 0.15) is 30.1 Å². The number of methoxy groups -OCH3 is 1. The largest absolute Gasteiger partial charge is 0.388 e. The molecule has 1 rings (SSSR count). The van der Waals surface area contributed by atoms with E-state index in [9.17, 15) is 5.11 Å². The number of ether oxygens (including phenoxy) is 1. The van der Waals surface area contributed by atoms with Crippen LogP contribution in [-0.2, 0) is 11.2 Å². The van der Waals surface area contributed by atoms with E-state index in [0.717, 1.165) is 25.0 Å². The van der Waals surface area contributed by atoms with Crippen LogP contribution in [0.15, 0.2) is 24.3 Å². The van der Waals surface area contributed by atoms with Crippen molar-refractivity contribution in [3.8, 4) is 0 Å². The van der Waals surface area contributed by atoms with E-state index in [4.69, 9.17) is 10.5 Å². The molecule has 1 aromatic rings. The SMILES string of the molecule is COCCCc1cccc(C(O)CCN)c1. The molecule has 3 N–H and O–H groups in total. The molecule has 0 amide bonds. The van der Waals surface area contributed by atoms with Crippen molar-refractivity contribution in [1.29, 1.82) is 0 Å². The Balaban J connectivity index is 2.56. The Hall–Kier alpha value is -0.900. The summed E-state index contributed by atoms with van der Waals surface area (Å²) in [6.45, 7) is 1.28. The summed E-state index contributed by atoms with van der Waals surface area (Å²) in [5.41, 5.74) is 7.63. The maximum absolute atomic E-state index is 9.81. The van der Waals surface area contributed by atoms with Crippen LogP contribution >= 0.6 is 0 Å². The van der Waals surface area contributed by atoms with Crippen LogP contribution in [0.5, 0.6) is 0 Å². The third-order valence-electron chi connectivity index (χ3n) is 2.59. The molecule has 0 aliphatic carbocycles. The summed E-state index contributed by atoms with van der Waals surface area (Å²) in [5.74, 6) is 0. The average Bonchev–Trinajstić information content (AvgIpc) is 2.30. The highest BCUT2D eigenvalue weighted by Crippen LogP contribution is 2.17. The number of hydrogen-bond acceptors (Lipinski definition) is 3. The van der Waals surface area contributed by atoms with Gasteiger partial charge in [-0.3, -0.25) is 0 Å². The Morgan fingerprint density at radius 2 is 2.25 bits per heavy atom. The number of aliphatic hydroxyl groups excluding tert-OH is 1. The van der Waals surface area contributed by atoms with E-state index < -0.39 is 6.10 Å². The fourth-order valence-corrected chi connectivity index (χ4v) is 1.70. The lowest BCUT2D eigenvalue weighted by Crippen LogP contribution is -2.07. The van der Waals surface area contributed by atoms with Gasteiger partial charge in [-0.05, 0) is 36.9 Å². The molecule has 0 aliphatic heterocycles. The fraction of sp³-hybridized carbons (Fsp3) is 0.538. The maximum Gasteiger partial charge on any atom is 0.0802 e. The standard InChI is InChI=1S/C13H21NO2/c1-16-9-3-5-11-4-2-6-12(10-11)13(15)7-8-14/h2,4,6,10,13,15H,3,5,7-9,14H2,1H3. The van der Waals surface area contributed by atoms with E-state index in [2.05, 4.69) is 12.1 Å². The number of aliphatic hydroxyl groups is 1. The lowest BCUT2D eigenvalue weighted by molar-refractivity contribution is 0.170. The van der Waals surface area contributed by atoms with Gasteiger partial charge in [-0.2, -0.15) is 0 Å². The van der Waals surface area contributed by atoms with Gasteiger partial charge >= 0.3 is 0 Å². The fourth-order valence-electron chi connectivity index (χ4n) is 1.70. The Morgan fingerprint density at radius 3 is 2.94 bits per heavy atom. The van der Waals surface area contributed by atoms with Gasteiger partial charge < -0.3 is 15.6 Å². The topological polar surface area (TPSA) is 55.5 Å².